The van der Waals surface area contributed by atoms with Crippen LogP contribution >= 0.6 is 23.5 Å². The zero-order valence-corrected chi connectivity index (χ0v) is 16.0. The van der Waals surface area contributed by atoms with E-state index in [1.165, 1.54) is 43.9 Å². The molecule has 0 bridgehead atoms. The molecule has 1 aliphatic heterocycles. The van der Waals surface area contributed by atoms with E-state index in [4.69, 9.17) is 0 Å². The summed E-state index contributed by atoms with van der Waals surface area (Å²) in [5.74, 6) is 1.30. The number of hydrogen-bond acceptors (Lipinski definition) is 5. The van der Waals surface area contributed by atoms with E-state index in [0.29, 0.717) is 12.3 Å². The molecule has 5 nitrogen and oxygen atoms in total. The van der Waals surface area contributed by atoms with Gasteiger partial charge in [0.1, 0.15) is 11.6 Å². The second kappa shape index (κ2) is 9.48. The summed E-state index contributed by atoms with van der Waals surface area (Å²) < 4.78 is 0. The summed E-state index contributed by atoms with van der Waals surface area (Å²) in [6.45, 7) is 0.753. The molecule has 1 saturated carbocycles. The Morgan fingerprint density at radius 3 is 3.04 bits per heavy atom. The lowest BCUT2D eigenvalue weighted by Crippen LogP contribution is -2.43. The lowest BCUT2D eigenvalue weighted by Gasteiger charge is -2.27. The van der Waals surface area contributed by atoms with Crippen LogP contribution in [0.1, 0.15) is 38.5 Å². The van der Waals surface area contributed by atoms with Crippen molar-refractivity contribution in [3.63, 3.8) is 0 Å². The molecular formula is C18H25N3O2S2. The molecule has 1 aromatic rings. The van der Waals surface area contributed by atoms with E-state index in [1.54, 1.807) is 17.2 Å². The monoisotopic (exact) mass is 379 g/mol. The molecule has 25 heavy (non-hydrogen) atoms. The van der Waals surface area contributed by atoms with E-state index in [1.807, 2.05) is 17.8 Å². The van der Waals surface area contributed by atoms with Crippen LogP contribution in [0, 0.1) is 0 Å². The van der Waals surface area contributed by atoms with Crippen LogP contribution in [0.5, 0.6) is 0 Å². The van der Waals surface area contributed by atoms with Crippen molar-refractivity contribution < 1.29 is 9.59 Å². The van der Waals surface area contributed by atoms with Crippen molar-refractivity contribution in [3.05, 3.63) is 18.3 Å². The second-order valence-corrected chi connectivity index (χ2v) is 8.80. The number of aromatic nitrogens is 1. The molecule has 0 aromatic carbocycles. The molecule has 0 saturated heterocycles. The first kappa shape index (κ1) is 18.6. The van der Waals surface area contributed by atoms with E-state index in [9.17, 15) is 9.59 Å². The summed E-state index contributed by atoms with van der Waals surface area (Å²) in [7, 11) is 0. The van der Waals surface area contributed by atoms with Crippen molar-refractivity contribution in [2.75, 3.05) is 29.5 Å². The normalized spacial score (nSPS) is 18.1. The van der Waals surface area contributed by atoms with Crippen molar-refractivity contribution in [3.8, 4) is 0 Å². The Balaban J connectivity index is 1.38. The molecular weight excluding hydrogens is 354 g/mol. The minimum Gasteiger partial charge on any atom is -0.355 e. The average molecular weight is 380 g/mol. The number of nitrogens with one attached hydrogen (secondary N) is 1. The van der Waals surface area contributed by atoms with Crippen LogP contribution in [0.3, 0.4) is 0 Å². The van der Waals surface area contributed by atoms with Crippen LogP contribution in [-0.4, -0.2) is 46.6 Å². The first-order chi connectivity index (χ1) is 12.2. The first-order valence-electron chi connectivity index (χ1n) is 9.00. The Morgan fingerprint density at radius 2 is 2.20 bits per heavy atom. The Morgan fingerprint density at radius 1 is 1.36 bits per heavy atom. The predicted octanol–water partition coefficient (Wildman–Crippen LogP) is 3.09. The van der Waals surface area contributed by atoms with Crippen LogP contribution < -0.4 is 10.2 Å². The van der Waals surface area contributed by atoms with E-state index in [0.717, 1.165) is 28.1 Å². The van der Waals surface area contributed by atoms with Crippen LogP contribution in [0.4, 0.5) is 5.69 Å². The van der Waals surface area contributed by atoms with Gasteiger partial charge in [0.05, 0.1) is 11.4 Å². The van der Waals surface area contributed by atoms with Gasteiger partial charge in [0, 0.05) is 18.0 Å². The van der Waals surface area contributed by atoms with E-state index >= 15 is 0 Å². The smallest absolute Gasteiger partial charge is 0.240 e. The number of anilines is 1. The number of amides is 2. The molecule has 1 fully saturated rings. The summed E-state index contributed by atoms with van der Waals surface area (Å²) in [6.07, 6.45) is 9.51. The maximum Gasteiger partial charge on any atom is 0.240 e. The number of thioether (sulfide) groups is 2. The van der Waals surface area contributed by atoms with Gasteiger partial charge in [-0.2, -0.15) is 11.8 Å². The molecule has 0 atom stereocenters. The molecule has 1 aromatic heterocycles. The quantitative estimate of drug-likeness (QED) is 0.738. The Hall–Kier alpha value is -1.21. The summed E-state index contributed by atoms with van der Waals surface area (Å²) in [5, 5.41) is 4.58. The highest BCUT2D eigenvalue weighted by Crippen LogP contribution is 2.32. The highest BCUT2D eigenvalue weighted by Gasteiger charge is 2.27. The van der Waals surface area contributed by atoms with Crippen LogP contribution in [-0.2, 0) is 9.59 Å². The lowest BCUT2D eigenvalue weighted by atomic mass is 10.0. The molecule has 136 valence electrons. The van der Waals surface area contributed by atoms with Gasteiger partial charge in [-0.15, -0.1) is 0 Å². The van der Waals surface area contributed by atoms with E-state index in [2.05, 4.69) is 10.3 Å². The minimum atomic E-state index is -0.0993. The average Bonchev–Trinajstić information content (AvgIpc) is 2.65. The second-order valence-electron chi connectivity index (χ2n) is 6.43. The molecule has 1 N–H and O–H groups in total. The fraction of sp³-hybridized carbons (Fsp3) is 0.611. The van der Waals surface area contributed by atoms with Gasteiger partial charge in [-0.1, -0.05) is 31.0 Å². The predicted molar refractivity (Wildman–Crippen MR) is 104 cm³/mol. The molecule has 3 rings (SSSR count). The first-order valence-corrected chi connectivity index (χ1v) is 11.0. The standard InChI is InChI=1S/C18H25N3O2S2/c22-16(19-10-5-11-24-14-6-2-1-3-7-14)12-21-15-8-4-9-20-18(15)25-13-17(21)23/h4,8-9,14H,1-3,5-7,10-13H2,(H,19,22). The summed E-state index contributed by atoms with van der Waals surface area (Å²) in [4.78, 5) is 30.2. The molecule has 2 heterocycles. The maximum absolute atomic E-state index is 12.2. The molecule has 2 aliphatic rings. The van der Waals surface area contributed by atoms with Crippen LogP contribution in [0.2, 0.25) is 0 Å². The number of carbonyl (C=O) groups is 2. The van der Waals surface area contributed by atoms with Gasteiger partial charge < -0.3 is 5.32 Å². The van der Waals surface area contributed by atoms with Gasteiger partial charge in [0.15, 0.2) is 0 Å². The Bertz CT molecular complexity index is 606. The topological polar surface area (TPSA) is 62.3 Å². The van der Waals surface area contributed by atoms with Gasteiger partial charge >= 0.3 is 0 Å². The van der Waals surface area contributed by atoms with Crippen molar-refractivity contribution in [1.29, 1.82) is 0 Å². The van der Waals surface area contributed by atoms with Crippen molar-refractivity contribution in [2.45, 2.75) is 48.8 Å². The minimum absolute atomic E-state index is 0.0338. The van der Waals surface area contributed by atoms with Crippen molar-refractivity contribution in [1.82, 2.24) is 10.3 Å². The van der Waals surface area contributed by atoms with Crippen LogP contribution in [0.15, 0.2) is 23.4 Å². The number of hydrogen-bond donors (Lipinski definition) is 1. The zero-order valence-electron chi connectivity index (χ0n) is 14.4. The molecule has 0 spiro atoms. The zero-order chi connectivity index (χ0) is 17.5. The number of pyridine rings is 1. The third kappa shape index (κ3) is 5.38. The third-order valence-electron chi connectivity index (χ3n) is 4.53. The summed E-state index contributed by atoms with van der Waals surface area (Å²) in [6, 6.07) is 3.64. The number of fused-ring (bicyclic) bond motifs is 1. The Kier molecular flexibility index (Phi) is 7.04. The number of nitrogens with zero attached hydrogens (tertiary/aromatic N) is 2. The highest BCUT2D eigenvalue weighted by molar-refractivity contribution is 8.00. The van der Waals surface area contributed by atoms with Crippen molar-refractivity contribution >= 4 is 41.0 Å². The fourth-order valence-corrected chi connectivity index (χ4v) is 5.38. The molecule has 2 amide bonds. The summed E-state index contributed by atoms with van der Waals surface area (Å²) >= 11 is 3.48. The largest absolute Gasteiger partial charge is 0.355 e. The SMILES string of the molecule is O=C(CN1C(=O)CSc2ncccc21)NCCCSC1CCCCC1. The van der Waals surface area contributed by atoms with Crippen LogP contribution in [0.25, 0.3) is 0 Å². The molecule has 7 heteroatoms. The van der Waals surface area contributed by atoms with Gasteiger partial charge in [0.2, 0.25) is 11.8 Å². The van der Waals surface area contributed by atoms with E-state index < -0.39 is 0 Å². The highest BCUT2D eigenvalue weighted by atomic mass is 32.2. The molecule has 1 aliphatic carbocycles. The van der Waals surface area contributed by atoms with Gasteiger partial charge in [-0.3, -0.25) is 14.5 Å². The van der Waals surface area contributed by atoms with Gasteiger partial charge in [-0.05, 0) is 37.1 Å². The number of carbonyl (C=O) groups excluding carboxylic acids is 2. The van der Waals surface area contributed by atoms with E-state index in [-0.39, 0.29) is 18.4 Å². The fourth-order valence-electron chi connectivity index (χ4n) is 3.20. The summed E-state index contributed by atoms with van der Waals surface area (Å²) in [5.41, 5.74) is 0.742. The van der Waals surface area contributed by atoms with Gasteiger partial charge in [-0.25, -0.2) is 4.98 Å². The Labute approximate surface area is 157 Å². The van der Waals surface area contributed by atoms with Crippen molar-refractivity contribution in [2.24, 2.45) is 0 Å². The molecule has 0 radical (unpaired) electrons. The third-order valence-corrected chi connectivity index (χ3v) is 6.97. The maximum atomic E-state index is 12.2. The number of rotatable bonds is 7. The van der Waals surface area contributed by atoms with Gasteiger partial charge in [0.25, 0.3) is 0 Å². The molecule has 0 unspecified atom stereocenters. The lowest BCUT2D eigenvalue weighted by molar-refractivity contribution is -0.122.